The van der Waals surface area contributed by atoms with Crippen molar-refractivity contribution in [2.45, 2.75) is 10.8 Å². The van der Waals surface area contributed by atoms with Crippen LogP contribution in [0, 0.1) is 0 Å². The average molecular weight is 371 g/mol. The molecule has 7 heteroatoms. The zero-order valence-corrected chi connectivity index (χ0v) is 15.3. The number of anilines is 1. The Balaban J connectivity index is 1.41. The van der Waals surface area contributed by atoms with E-state index in [9.17, 15) is 0 Å². The van der Waals surface area contributed by atoms with E-state index in [0.717, 1.165) is 53.6 Å². The largest absolute Gasteiger partial charge is 0.378 e. The minimum absolute atomic E-state index is 0.758. The Labute approximate surface area is 155 Å². The number of benzene rings is 1. The lowest BCUT2D eigenvalue weighted by Crippen LogP contribution is -2.36. The normalized spacial score (nSPS) is 14.6. The zero-order chi connectivity index (χ0) is 16.9. The molecule has 2 aromatic heterocycles. The van der Waals surface area contributed by atoms with Crippen molar-refractivity contribution in [3.05, 3.63) is 53.8 Å². The fourth-order valence-corrected chi connectivity index (χ4v) is 4.29. The lowest BCUT2D eigenvalue weighted by molar-refractivity contribution is 0.122. The number of nitrogens with zero attached hydrogens (tertiary/aromatic N) is 4. The summed E-state index contributed by atoms with van der Waals surface area (Å²) in [5.41, 5.74) is 2.25. The number of ether oxygens (including phenoxy) is 1. The van der Waals surface area contributed by atoms with Crippen LogP contribution < -0.4 is 4.90 Å². The first-order valence-electron chi connectivity index (χ1n) is 8.16. The average Bonchev–Trinajstić information content (AvgIpc) is 3.17. The first-order valence-corrected chi connectivity index (χ1v) is 10.0. The third-order valence-electron chi connectivity index (χ3n) is 3.90. The summed E-state index contributed by atoms with van der Waals surface area (Å²) in [6, 6.07) is 12.3. The summed E-state index contributed by atoms with van der Waals surface area (Å²) in [6.07, 6.45) is 1.64. The first-order chi connectivity index (χ1) is 12.4. The van der Waals surface area contributed by atoms with Crippen molar-refractivity contribution in [2.75, 3.05) is 31.2 Å². The van der Waals surface area contributed by atoms with Gasteiger partial charge in [0.25, 0.3) is 0 Å². The number of morpholine rings is 1. The van der Waals surface area contributed by atoms with Crippen LogP contribution in [-0.2, 0) is 10.5 Å². The van der Waals surface area contributed by atoms with Gasteiger partial charge in [0.05, 0.1) is 18.9 Å². The van der Waals surface area contributed by atoms with Gasteiger partial charge in [-0.25, -0.2) is 15.0 Å². The molecule has 0 saturated carbocycles. The van der Waals surface area contributed by atoms with Gasteiger partial charge in [0.2, 0.25) is 0 Å². The SMILES string of the molecule is c1ccc(-c2nc(CSc3cc(N4CCOCC4)ncn3)cs2)cc1. The van der Waals surface area contributed by atoms with E-state index in [0.29, 0.717) is 0 Å². The van der Waals surface area contributed by atoms with Crippen LogP contribution in [0.1, 0.15) is 5.69 Å². The van der Waals surface area contributed by atoms with Gasteiger partial charge in [-0.1, -0.05) is 42.1 Å². The van der Waals surface area contributed by atoms with Crippen LogP contribution in [0.2, 0.25) is 0 Å². The van der Waals surface area contributed by atoms with Gasteiger partial charge in [-0.15, -0.1) is 11.3 Å². The highest BCUT2D eigenvalue weighted by Crippen LogP contribution is 2.28. The molecule has 0 unspecified atom stereocenters. The molecule has 0 spiro atoms. The van der Waals surface area contributed by atoms with E-state index in [1.165, 1.54) is 5.56 Å². The van der Waals surface area contributed by atoms with E-state index < -0.39 is 0 Å². The summed E-state index contributed by atoms with van der Waals surface area (Å²) >= 11 is 3.38. The van der Waals surface area contributed by atoms with E-state index in [2.05, 4.69) is 38.4 Å². The lowest BCUT2D eigenvalue weighted by Gasteiger charge is -2.27. The van der Waals surface area contributed by atoms with Crippen LogP contribution >= 0.6 is 23.1 Å². The van der Waals surface area contributed by atoms with Crippen molar-refractivity contribution < 1.29 is 4.74 Å². The van der Waals surface area contributed by atoms with Crippen LogP contribution in [0.25, 0.3) is 10.6 Å². The number of hydrogen-bond donors (Lipinski definition) is 0. The van der Waals surface area contributed by atoms with E-state index in [1.807, 2.05) is 18.2 Å². The number of thiazole rings is 1. The molecule has 0 radical (unpaired) electrons. The third kappa shape index (κ3) is 4.18. The minimum atomic E-state index is 0.758. The van der Waals surface area contributed by atoms with Gasteiger partial charge in [-0.3, -0.25) is 0 Å². The Hall–Kier alpha value is -1.96. The maximum Gasteiger partial charge on any atom is 0.133 e. The molecule has 128 valence electrons. The predicted octanol–water partition coefficient (Wildman–Crippen LogP) is 3.73. The summed E-state index contributed by atoms with van der Waals surface area (Å²) < 4.78 is 5.40. The van der Waals surface area contributed by atoms with Crippen LogP contribution in [0.5, 0.6) is 0 Å². The van der Waals surface area contributed by atoms with E-state index in [1.54, 1.807) is 29.4 Å². The zero-order valence-electron chi connectivity index (χ0n) is 13.7. The topological polar surface area (TPSA) is 51.1 Å². The summed E-state index contributed by atoms with van der Waals surface area (Å²) in [4.78, 5) is 15.8. The van der Waals surface area contributed by atoms with Crippen LogP contribution in [0.3, 0.4) is 0 Å². The molecule has 0 aliphatic carbocycles. The third-order valence-corrected chi connectivity index (χ3v) is 5.80. The Morgan fingerprint density at radius 2 is 1.96 bits per heavy atom. The van der Waals surface area contributed by atoms with Crippen molar-refractivity contribution >= 4 is 28.9 Å². The number of aromatic nitrogens is 3. The lowest BCUT2D eigenvalue weighted by atomic mass is 10.2. The molecular weight excluding hydrogens is 352 g/mol. The van der Waals surface area contributed by atoms with Gasteiger partial charge in [-0.05, 0) is 0 Å². The van der Waals surface area contributed by atoms with Gasteiger partial charge in [0.1, 0.15) is 22.2 Å². The second kappa shape index (κ2) is 7.95. The standard InChI is InChI=1S/C18H18N4OS2/c1-2-4-14(5-3-1)18-21-15(12-25-18)11-24-17-10-16(19-13-20-17)22-6-8-23-9-7-22/h1-5,10,12-13H,6-9,11H2. The molecule has 3 heterocycles. The second-order valence-corrected chi connectivity index (χ2v) is 7.47. The molecule has 1 aromatic carbocycles. The Bertz CT molecular complexity index is 819. The molecule has 1 saturated heterocycles. The van der Waals surface area contributed by atoms with E-state index in [4.69, 9.17) is 9.72 Å². The van der Waals surface area contributed by atoms with E-state index >= 15 is 0 Å². The quantitative estimate of drug-likeness (QED) is 0.504. The highest BCUT2D eigenvalue weighted by molar-refractivity contribution is 7.98. The van der Waals surface area contributed by atoms with Crippen molar-refractivity contribution in [3.8, 4) is 10.6 Å². The molecule has 5 nitrogen and oxygen atoms in total. The first kappa shape index (κ1) is 16.5. The van der Waals surface area contributed by atoms with Crippen molar-refractivity contribution in [2.24, 2.45) is 0 Å². The van der Waals surface area contributed by atoms with Crippen LogP contribution in [0.4, 0.5) is 5.82 Å². The molecule has 0 amide bonds. The summed E-state index contributed by atoms with van der Waals surface area (Å²) in [7, 11) is 0. The van der Waals surface area contributed by atoms with Gasteiger partial charge in [0, 0.05) is 35.9 Å². The molecule has 0 atom stereocenters. The van der Waals surface area contributed by atoms with Gasteiger partial charge < -0.3 is 9.64 Å². The molecule has 25 heavy (non-hydrogen) atoms. The van der Waals surface area contributed by atoms with Gasteiger partial charge in [0.15, 0.2) is 0 Å². The van der Waals surface area contributed by atoms with Crippen molar-refractivity contribution in [1.82, 2.24) is 15.0 Å². The molecule has 3 aromatic rings. The fourth-order valence-electron chi connectivity index (χ4n) is 2.61. The smallest absolute Gasteiger partial charge is 0.133 e. The number of rotatable bonds is 5. The van der Waals surface area contributed by atoms with Gasteiger partial charge >= 0.3 is 0 Å². The maximum atomic E-state index is 5.40. The monoisotopic (exact) mass is 370 g/mol. The maximum absolute atomic E-state index is 5.40. The van der Waals surface area contributed by atoms with Gasteiger partial charge in [-0.2, -0.15) is 0 Å². The Morgan fingerprint density at radius 1 is 1.12 bits per heavy atom. The molecule has 4 rings (SSSR count). The van der Waals surface area contributed by atoms with Crippen molar-refractivity contribution in [3.63, 3.8) is 0 Å². The van der Waals surface area contributed by atoms with Crippen LogP contribution in [-0.4, -0.2) is 41.3 Å². The molecule has 0 N–H and O–H groups in total. The molecule has 1 aliphatic rings. The minimum Gasteiger partial charge on any atom is -0.378 e. The molecule has 0 bridgehead atoms. The molecule has 1 fully saturated rings. The van der Waals surface area contributed by atoms with Crippen LogP contribution in [0.15, 0.2) is 53.1 Å². The molecule has 1 aliphatic heterocycles. The highest BCUT2D eigenvalue weighted by atomic mass is 32.2. The predicted molar refractivity (Wildman–Crippen MR) is 102 cm³/mol. The summed E-state index contributed by atoms with van der Waals surface area (Å²) in [6.45, 7) is 3.28. The Kier molecular flexibility index (Phi) is 5.25. The Morgan fingerprint density at radius 3 is 2.80 bits per heavy atom. The summed E-state index contributed by atoms with van der Waals surface area (Å²) in [5, 5.41) is 4.16. The van der Waals surface area contributed by atoms with E-state index in [-0.39, 0.29) is 0 Å². The molecular formula is C18H18N4OS2. The number of hydrogen-bond acceptors (Lipinski definition) is 7. The second-order valence-electron chi connectivity index (χ2n) is 5.61. The summed E-state index contributed by atoms with van der Waals surface area (Å²) in [5.74, 6) is 1.78. The van der Waals surface area contributed by atoms with Crippen molar-refractivity contribution in [1.29, 1.82) is 0 Å². The fraction of sp³-hybridized carbons (Fsp3) is 0.278. The number of thioether (sulfide) groups is 1. The highest BCUT2D eigenvalue weighted by Gasteiger charge is 2.13.